The van der Waals surface area contributed by atoms with Gasteiger partial charge in [0.15, 0.2) is 9.96 Å². The van der Waals surface area contributed by atoms with Crippen molar-refractivity contribution in [2.24, 2.45) is 0 Å². The molecular weight excluding hydrogens is 513 g/mol. The number of hydrogen-bond donors (Lipinski definition) is 2. The van der Waals surface area contributed by atoms with Gasteiger partial charge in [-0.05, 0) is 52.0 Å². The lowest BCUT2D eigenvalue weighted by Crippen LogP contribution is -2.31. The van der Waals surface area contributed by atoms with Gasteiger partial charge in [-0.1, -0.05) is 12.1 Å². The van der Waals surface area contributed by atoms with Crippen molar-refractivity contribution in [1.82, 2.24) is 0 Å². The third-order valence-electron chi connectivity index (χ3n) is 6.37. The van der Waals surface area contributed by atoms with E-state index in [4.69, 9.17) is 10.5 Å². The highest BCUT2D eigenvalue weighted by Gasteiger charge is 2.38. The van der Waals surface area contributed by atoms with Gasteiger partial charge < -0.3 is 25.6 Å². The molecule has 2 aliphatic heterocycles. The fourth-order valence-corrected chi connectivity index (χ4v) is 8.73. The van der Waals surface area contributed by atoms with Crippen molar-refractivity contribution >= 4 is 72.3 Å². The van der Waals surface area contributed by atoms with E-state index >= 15 is 0 Å². The van der Waals surface area contributed by atoms with Crippen LogP contribution < -0.4 is 25.6 Å². The smallest absolute Gasteiger partial charge is 0.220 e. The number of thiophene rings is 2. The Morgan fingerprint density at radius 3 is 2.39 bits per heavy atom. The summed E-state index contributed by atoms with van der Waals surface area (Å²) in [4.78, 5) is 4.64. The van der Waals surface area contributed by atoms with Crippen LogP contribution in [0.4, 0.5) is 39.8 Å². The minimum Gasteiger partial charge on any atom is -0.442 e. The minimum atomic E-state index is -3.61. The zero-order valence-corrected chi connectivity index (χ0v) is 22.7. The molecule has 2 aliphatic rings. The fraction of sp³-hybridized carbons (Fsp3) is 0.231. The Bertz CT molecular complexity index is 1600. The number of anilines is 7. The molecule has 0 spiro atoms. The van der Waals surface area contributed by atoms with Gasteiger partial charge in [0.1, 0.15) is 5.69 Å². The average Bonchev–Trinajstić information content (AvgIpc) is 3.41. The van der Waals surface area contributed by atoms with E-state index in [1.54, 1.807) is 12.1 Å². The number of rotatable bonds is 4. The number of benzene rings is 2. The molecule has 0 radical (unpaired) electrons. The number of nitrogen functional groups attached to an aromatic ring is 1. The molecule has 10 heteroatoms. The van der Waals surface area contributed by atoms with Gasteiger partial charge in [0.2, 0.25) is 14.9 Å². The zero-order chi connectivity index (χ0) is 25.4. The number of ether oxygens (including phenoxy) is 1. The van der Waals surface area contributed by atoms with Crippen LogP contribution in [0.3, 0.4) is 0 Å². The maximum Gasteiger partial charge on any atom is 0.220 e. The van der Waals surface area contributed by atoms with Crippen LogP contribution in [0.25, 0.3) is 0 Å². The average molecular weight is 539 g/mol. The molecule has 0 aliphatic carbocycles. The maximum atomic E-state index is 13.5. The predicted octanol–water partition coefficient (Wildman–Crippen LogP) is 7.48. The topological polar surface area (TPSA) is 87.9 Å². The Balaban J connectivity index is 1.42. The summed E-state index contributed by atoms with van der Waals surface area (Å²) < 4.78 is 33.5. The zero-order valence-electron chi connectivity index (χ0n) is 20.3. The van der Waals surface area contributed by atoms with Crippen LogP contribution in [0, 0.1) is 0 Å². The molecule has 7 nitrogen and oxygen atoms in total. The first-order chi connectivity index (χ1) is 17.2. The maximum absolute atomic E-state index is 13.5. The second-order valence-corrected chi connectivity index (χ2v) is 13.3. The molecular formula is C26H26N4O3S3. The minimum absolute atomic E-state index is 0.0599. The van der Waals surface area contributed by atoms with Crippen molar-refractivity contribution in [2.45, 2.75) is 48.9 Å². The van der Waals surface area contributed by atoms with E-state index in [0.29, 0.717) is 26.2 Å². The lowest BCUT2D eigenvalue weighted by atomic mass is 10.1. The van der Waals surface area contributed by atoms with Gasteiger partial charge in [0.25, 0.3) is 0 Å². The van der Waals surface area contributed by atoms with Gasteiger partial charge in [-0.25, -0.2) is 8.42 Å². The van der Waals surface area contributed by atoms with E-state index in [9.17, 15) is 8.42 Å². The normalized spacial score (nSPS) is 15.3. The molecule has 0 amide bonds. The van der Waals surface area contributed by atoms with Gasteiger partial charge in [0.05, 0.1) is 33.3 Å². The number of para-hydroxylation sites is 1. The summed E-state index contributed by atoms with van der Waals surface area (Å²) >= 11 is 2.73. The second-order valence-electron chi connectivity index (χ2n) is 9.42. The highest BCUT2D eigenvalue weighted by Crippen LogP contribution is 2.55. The molecule has 0 fully saturated rings. The Hall–Kier alpha value is -3.21. The first kappa shape index (κ1) is 23.2. The number of nitrogens with zero attached hydrogens (tertiary/aromatic N) is 2. The van der Waals surface area contributed by atoms with Crippen molar-refractivity contribution in [2.75, 3.05) is 20.9 Å². The summed E-state index contributed by atoms with van der Waals surface area (Å²) in [5.74, 6) is 0.728. The van der Waals surface area contributed by atoms with Crippen molar-refractivity contribution in [1.29, 1.82) is 0 Å². The highest BCUT2D eigenvalue weighted by molar-refractivity contribution is 7.94. The molecule has 4 heterocycles. The Morgan fingerprint density at radius 2 is 1.64 bits per heavy atom. The highest BCUT2D eigenvalue weighted by atomic mass is 32.2. The summed E-state index contributed by atoms with van der Waals surface area (Å²) in [6.07, 6.45) is 0. The fourth-order valence-electron chi connectivity index (χ4n) is 4.92. The summed E-state index contributed by atoms with van der Waals surface area (Å²) in [7, 11) is -3.61. The molecule has 0 unspecified atom stereocenters. The van der Waals surface area contributed by atoms with Crippen molar-refractivity contribution in [3.05, 3.63) is 53.2 Å². The molecule has 4 aromatic rings. The van der Waals surface area contributed by atoms with Crippen LogP contribution in [-0.4, -0.2) is 20.5 Å². The van der Waals surface area contributed by atoms with Crippen molar-refractivity contribution < 1.29 is 13.2 Å². The molecule has 6 rings (SSSR count). The Morgan fingerprint density at radius 1 is 0.917 bits per heavy atom. The number of fused-ring (bicyclic) bond motifs is 4. The number of hydrogen-bond acceptors (Lipinski definition) is 9. The van der Waals surface area contributed by atoms with Gasteiger partial charge in [-0.15, -0.1) is 22.7 Å². The molecule has 2 aromatic heterocycles. The van der Waals surface area contributed by atoms with Gasteiger partial charge in [0, 0.05) is 34.6 Å². The van der Waals surface area contributed by atoms with Crippen LogP contribution in [-0.2, 0) is 9.84 Å². The van der Waals surface area contributed by atoms with E-state index in [0.717, 1.165) is 33.6 Å². The summed E-state index contributed by atoms with van der Waals surface area (Å²) in [6.45, 7) is 8.38. The first-order valence-corrected chi connectivity index (χ1v) is 14.9. The lowest BCUT2D eigenvalue weighted by Gasteiger charge is -2.35. The van der Waals surface area contributed by atoms with E-state index in [-0.39, 0.29) is 12.1 Å². The van der Waals surface area contributed by atoms with Crippen molar-refractivity contribution in [3.63, 3.8) is 0 Å². The molecule has 0 saturated heterocycles. The van der Waals surface area contributed by atoms with E-state index in [2.05, 4.69) is 42.8 Å². The van der Waals surface area contributed by atoms with Crippen LogP contribution in [0.15, 0.2) is 62.3 Å². The van der Waals surface area contributed by atoms with Crippen LogP contribution in [0.2, 0.25) is 0 Å². The van der Waals surface area contributed by atoms with Crippen LogP contribution >= 0.6 is 22.7 Å². The summed E-state index contributed by atoms with van der Waals surface area (Å²) in [5.41, 5.74) is 11.8. The monoisotopic (exact) mass is 538 g/mol. The van der Waals surface area contributed by atoms with E-state index in [1.807, 2.05) is 41.1 Å². The molecule has 0 atom stereocenters. The number of nitrogens with one attached hydrogen (secondary N) is 1. The molecule has 2 aromatic carbocycles. The predicted molar refractivity (Wildman–Crippen MR) is 149 cm³/mol. The molecule has 36 heavy (non-hydrogen) atoms. The second kappa shape index (κ2) is 8.16. The summed E-state index contributed by atoms with van der Waals surface area (Å²) in [6, 6.07) is 13.4. The van der Waals surface area contributed by atoms with Crippen molar-refractivity contribution in [3.8, 4) is 10.8 Å². The van der Waals surface area contributed by atoms with Gasteiger partial charge in [-0.2, -0.15) is 0 Å². The largest absolute Gasteiger partial charge is 0.442 e. The molecule has 0 saturated carbocycles. The summed E-state index contributed by atoms with van der Waals surface area (Å²) in [5, 5.41) is 8.03. The SMILES string of the molecule is CC(C)N1c2ccc(Nc3csc4c3N(C(C)C)c3ccccc3S4(=O)=O)cc2Oc2scc(N)c21. The van der Waals surface area contributed by atoms with Gasteiger partial charge >= 0.3 is 0 Å². The standard InChI is InChI=1S/C26H26N4O3S3/c1-14(2)29-19-10-9-16(11-21(19)33-25-23(29)17(27)12-34-25)28-18-13-35-26-24(18)30(15(3)4)20-7-5-6-8-22(20)36(26,31)32/h5-15,28H,27H2,1-4H3. The number of nitrogens with two attached hydrogens (primary N) is 1. The molecule has 3 N–H and O–H groups in total. The van der Waals surface area contributed by atoms with Gasteiger partial charge in [-0.3, -0.25) is 0 Å². The third-order valence-corrected chi connectivity index (χ3v) is 10.5. The quantitative estimate of drug-likeness (QED) is 0.278. The van der Waals surface area contributed by atoms with Crippen LogP contribution in [0.5, 0.6) is 10.8 Å². The third kappa shape index (κ3) is 3.31. The Kier molecular flexibility index (Phi) is 5.26. The van der Waals surface area contributed by atoms with E-state index < -0.39 is 9.84 Å². The first-order valence-electron chi connectivity index (χ1n) is 11.7. The lowest BCUT2D eigenvalue weighted by molar-refractivity contribution is 0.483. The number of sulfone groups is 1. The molecule has 186 valence electrons. The Labute approximate surface area is 218 Å². The molecule has 0 bridgehead atoms. The van der Waals surface area contributed by atoms with E-state index in [1.165, 1.54) is 22.7 Å². The van der Waals surface area contributed by atoms with Crippen LogP contribution in [0.1, 0.15) is 27.7 Å².